The van der Waals surface area contributed by atoms with Crippen LogP contribution in [0.1, 0.15) is 10.4 Å². The average Bonchev–Trinajstić information content (AvgIpc) is 2.30. The molecule has 2 aromatic rings. The molecular formula is C12H6BrClFNO3. The van der Waals surface area contributed by atoms with Gasteiger partial charge >= 0.3 is 5.97 Å². The lowest BCUT2D eigenvalue weighted by Gasteiger charge is -2.07. The highest BCUT2D eigenvalue weighted by Crippen LogP contribution is 2.27. The lowest BCUT2D eigenvalue weighted by Crippen LogP contribution is -1.99. The van der Waals surface area contributed by atoms with E-state index in [9.17, 15) is 9.18 Å². The summed E-state index contributed by atoms with van der Waals surface area (Å²) in [5.41, 5.74) is -0.137. The second kappa shape index (κ2) is 5.54. The van der Waals surface area contributed by atoms with Crippen molar-refractivity contribution in [1.82, 2.24) is 4.98 Å². The Morgan fingerprint density at radius 2 is 2.11 bits per heavy atom. The molecule has 1 aromatic carbocycles. The standard InChI is InChI=1S/C12H6BrClFNO3/c13-6-1-7(15)3-8(2-6)19-11-4-9(12(17)18)10(14)5-16-11/h1-5H,(H,17,18). The second-order valence-corrected chi connectivity index (χ2v) is 4.84. The first-order valence-electron chi connectivity index (χ1n) is 4.98. The Hall–Kier alpha value is -1.66. The van der Waals surface area contributed by atoms with E-state index in [0.29, 0.717) is 4.47 Å². The number of pyridine rings is 1. The zero-order chi connectivity index (χ0) is 14.0. The van der Waals surface area contributed by atoms with Crippen LogP contribution in [0.2, 0.25) is 5.02 Å². The van der Waals surface area contributed by atoms with Gasteiger partial charge in [0, 0.05) is 16.6 Å². The van der Waals surface area contributed by atoms with Crippen LogP contribution >= 0.6 is 27.5 Å². The van der Waals surface area contributed by atoms with E-state index in [1.165, 1.54) is 18.2 Å². The van der Waals surface area contributed by atoms with Gasteiger partial charge in [-0.1, -0.05) is 27.5 Å². The average molecular weight is 347 g/mol. The van der Waals surface area contributed by atoms with E-state index in [1.54, 1.807) is 0 Å². The molecule has 0 radical (unpaired) electrons. The molecule has 0 aliphatic heterocycles. The summed E-state index contributed by atoms with van der Waals surface area (Å²) in [6.45, 7) is 0. The second-order valence-electron chi connectivity index (χ2n) is 3.51. The van der Waals surface area contributed by atoms with Crippen molar-refractivity contribution >= 4 is 33.5 Å². The molecule has 0 unspecified atom stereocenters. The van der Waals surface area contributed by atoms with E-state index < -0.39 is 11.8 Å². The van der Waals surface area contributed by atoms with Gasteiger partial charge in [0.05, 0.1) is 16.8 Å². The van der Waals surface area contributed by atoms with Gasteiger partial charge in [-0.25, -0.2) is 14.2 Å². The van der Waals surface area contributed by atoms with Crippen molar-refractivity contribution in [1.29, 1.82) is 0 Å². The van der Waals surface area contributed by atoms with Gasteiger partial charge in [0.1, 0.15) is 11.6 Å². The summed E-state index contributed by atoms with van der Waals surface area (Å²) in [7, 11) is 0. The highest BCUT2D eigenvalue weighted by molar-refractivity contribution is 9.10. The molecule has 1 heterocycles. The zero-order valence-electron chi connectivity index (χ0n) is 9.23. The maximum atomic E-state index is 13.2. The molecular weight excluding hydrogens is 340 g/mol. The van der Waals surface area contributed by atoms with E-state index >= 15 is 0 Å². The quantitative estimate of drug-likeness (QED) is 0.908. The predicted molar refractivity (Wildman–Crippen MR) is 70.4 cm³/mol. The van der Waals surface area contributed by atoms with E-state index in [-0.39, 0.29) is 22.2 Å². The molecule has 0 spiro atoms. The molecule has 0 aliphatic carbocycles. The van der Waals surface area contributed by atoms with Crippen LogP contribution in [-0.4, -0.2) is 16.1 Å². The zero-order valence-corrected chi connectivity index (χ0v) is 11.6. The number of carbonyl (C=O) groups is 1. The highest BCUT2D eigenvalue weighted by atomic mass is 79.9. The van der Waals surface area contributed by atoms with Crippen LogP contribution in [0.4, 0.5) is 4.39 Å². The minimum absolute atomic E-state index is 0.000253. The molecule has 0 amide bonds. The number of hydrogen-bond donors (Lipinski definition) is 1. The van der Waals surface area contributed by atoms with Crippen molar-refractivity contribution in [3.8, 4) is 11.6 Å². The molecule has 7 heteroatoms. The van der Waals surface area contributed by atoms with Gasteiger partial charge in [-0.2, -0.15) is 0 Å². The third-order valence-corrected chi connectivity index (χ3v) is 2.88. The van der Waals surface area contributed by atoms with Crippen molar-refractivity contribution in [2.45, 2.75) is 0 Å². The van der Waals surface area contributed by atoms with E-state index in [4.69, 9.17) is 21.4 Å². The van der Waals surface area contributed by atoms with Crippen molar-refractivity contribution in [2.75, 3.05) is 0 Å². The minimum Gasteiger partial charge on any atom is -0.478 e. The van der Waals surface area contributed by atoms with Gasteiger partial charge in [0.25, 0.3) is 0 Å². The Balaban J connectivity index is 2.33. The molecule has 0 atom stereocenters. The maximum absolute atomic E-state index is 13.2. The molecule has 0 aliphatic rings. The minimum atomic E-state index is -1.20. The topological polar surface area (TPSA) is 59.4 Å². The molecule has 19 heavy (non-hydrogen) atoms. The maximum Gasteiger partial charge on any atom is 0.337 e. The van der Waals surface area contributed by atoms with Crippen molar-refractivity contribution in [3.05, 3.63) is 51.3 Å². The molecule has 0 saturated heterocycles. The Morgan fingerprint density at radius 3 is 2.74 bits per heavy atom. The lowest BCUT2D eigenvalue weighted by atomic mass is 10.2. The van der Waals surface area contributed by atoms with Crippen LogP contribution < -0.4 is 4.74 Å². The van der Waals surface area contributed by atoms with Crippen LogP contribution in [0.3, 0.4) is 0 Å². The normalized spacial score (nSPS) is 10.3. The number of nitrogens with zero attached hydrogens (tertiary/aromatic N) is 1. The highest BCUT2D eigenvalue weighted by Gasteiger charge is 2.12. The Labute approximate surface area is 120 Å². The number of carboxylic acid groups (broad SMARTS) is 1. The number of benzene rings is 1. The van der Waals surface area contributed by atoms with Crippen molar-refractivity contribution in [3.63, 3.8) is 0 Å². The summed E-state index contributed by atoms with van der Waals surface area (Å²) in [4.78, 5) is 14.7. The van der Waals surface area contributed by atoms with Crippen LogP contribution in [0.5, 0.6) is 11.6 Å². The molecule has 4 nitrogen and oxygen atoms in total. The van der Waals surface area contributed by atoms with Crippen LogP contribution in [0.15, 0.2) is 34.9 Å². The number of halogens is 3. The third kappa shape index (κ3) is 3.42. The van der Waals surface area contributed by atoms with Crippen LogP contribution in [-0.2, 0) is 0 Å². The first-order valence-corrected chi connectivity index (χ1v) is 6.15. The number of rotatable bonds is 3. The fraction of sp³-hybridized carbons (Fsp3) is 0. The SMILES string of the molecule is O=C(O)c1cc(Oc2cc(F)cc(Br)c2)ncc1Cl. The van der Waals surface area contributed by atoms with Gasteiger partial charge in [-0.05, 0) is 12.1 Å². The van der Waals surface area contributed by atoms with Gasteiger partial charge < -0.3 is 9.84 Å². The molecule has 2 rings (SSSR count). The van der Waals surface area contributed by atoms with Gasteiger partial charge in [-0.15, -0.1) is 0 Å². The number of ether oxygens (including phenoxy) is 1. The molecule has 0 saturated carbocycles. The van der Waals surface area contributed by atoms with E-state index in [1.807, 2.05) is 0 Å². The summed E-state index contributed by atoms with van der Waals surface area (Å²) in [5.74, 6) is -1.48. The van der Waals surface area contributed by atoms with Crippen molar-refractivity contribution in [2.24, 2.45) is 0 Å². The largest absolute Gasteiger partial charge is 0.478 e. The summed E-state index contributed by atoms with van der Waals surface area (Å²) in [5, 5.41) is 8.91. The number of carboxylic acids is 1. The van der Waals surface area contributed by atoms with Crippen LogP contribution in [0.25, 0.3) is 0 Å². The number of hydrogen-bond acceptors (Lipinski definition) is 3. The third-order valence-electron chi connectivity index (χ3n) is 2.12. The Bertz CT molecular complexity index is 631. The van der Waals surface area contributed by atoms with Gasteiger partial charge in [-0.3, -0.25) is 0 Å². The summed E-state index contributed by atoms with van der Waals surface area (Å²) < 4.78 is 18.9. The predicted octanol–water partition coefficient (Wildman–Crippen LogP) is 4.13. The van der Waals surface area contributed by atoms with E-state index in [2.05, 4.69) is 20.9 Å². The summed E-state index contributed by atoms with van der Waals surface area (Å²) >= 11 is 8.80. The lowest BCUT2D eigenvalue weighted by molar-refractivity contribution is 0.0696. The van der Waals surface area contributed by atoms with Crippen molar-refractivity contribution < 1.29 is 19.0 Å². The summed E-state index contributed by atoms with van der Waals surface area (Å²) in [6.07, 6.45) is 1.16. The molecule has 1 aromatic heterocycles. The first-order chi connectivity index (χ1) is 8.95. The fourth-order valence-electron chi connectivity index (χ4n) is 1.35. The van der Waals surface area contributed by atoms with E-state index in [0.717, 1.165) is 12.3 Å². The molecule has 0 fully saturated rings. The smallest absolute Gasteiger partial charge is 0.337 e. The van der Waals surface area contributed by atoms with Gasteiger partial charge in [0.15, 0.2) is 0 Å². The Kier molecular flexibility index (Phi) is 4.01. The van der Waals surface area contributed by atoms with Gasteiger partial charge in [0.2, 0.25) is 5.88 Å². The summed E-state index contributed by atoms with van der Waals surface area (Å²) in [6, 6.07) is 5.12. The molecule has 98 valence electrons. The monoisotopic (exact) mass is 345 g/mol. The molecule has 1 N–H and O–H groups in total. The number of aromatic nitrogens is 1. The first kappa shape index (κ1) is 13.8. The molecule has 0 bridgehead atoms. The number of aromatic carboxylic acids is 1. The Morgan fingerprint density at radius 1 is 1.37 bits per heavy atom. The van der Waals surface area contributed by atoms with Crippen LogP contribution in [0, 0.1) is 5.82 Å². The fourth-order valence-corrected chi connectivity index (χ4v) is 1.98.